The number of amides is 3. The number of carbonyl (C=O) groups is 4. The first kappa shape index (κ1) is 24.3. The molecule has 0 radical (unpaired) electrons. The van der Waals surface area contributed by atoms with E-state index < -0.39 is 24.0 Å². The molecule has 1 aromatic rings. The van der Waals surface area contributed by atoms with Crippen LogP contribution in [0.2, 0.25) is 0 Å². The van der Waals surface area contributed by atoms with Crippen molar-refractivity contribution in [2.24, 2.45) is 0 Å². The van der Waals surface area contributed by atoms with E-state index in [4.69, 9.17) is 9.47 Å². The summed E-state index contributed by atoms with van der Waals surface area (Å²) in [6, 6.07) is 4.64. The number of thioether (sulfide) groups is 1. The Morgan fingerprint density at radius 3 is 2.58 bits per heavy atom. The van der Waals surface area contributed by atoms with Gasteiger partial charge in [0.1, 0.15) is 6.61 Å². The fourth-order valence-electron chi connectivity index (χ4n) is 2.95. The van der Waals surface area contributed by atoms with E-state index in [0.717, 1.165) is 28.6 Å². The number of hydrogen-bond donors (Lipinski definition) is 3. The molecule has 3 amide bonds. The van der Waals surface area contributed by atoms with Crippen LogP contribution < -0.4 is 16.0 Å². The zero-order valence-electron chi connectivity index (χ0n) is 18.0. The lowest BCUT2D eigenvalue weighted by Crippen LogP contribution is -2.50. The van der Waals surface area contributed by atoms with E-state index in [0.29, 0.717) is 0 Å². The largest absolute Gasteiger partial charge is 0.463 e. The van der Waals surface area contributed by atoms with Gasteiger partial charge in [-0.3, -0.25) is 9.59 Å². The zero-order valence-corrected chi connectivity index (χ0v) is 18.8. The van der Waals surface area contributed by atoms with Gasteiger partial charge in [-0.15, -0.1) is 11.8 Å². The lowest BCUT2D eigenvalue weighted by molar-refractivity contribution is -0.141. The molecule has 31 heavy (non-hydrogen) atoms. The molecule has 2 rings (SSSR count). The average molecular weight is 450 g/mol. The Morgan fingerprint density at radius 1 is 1.16 bits per heavy atom. The molecule has 0 spiro atoms. The van der Waals surface area contributed by atoms with Gasteiger partial charge < -0.3 is 25.4 Å². The minimum absolute atomic E-state index is 0.0515. The van der Waals surface area contributed by atoms with Crippen LogP contribution in [-0.2, 0) is 23.9 Å². The van der Waals surface area contributed by atoms with Crippen molar-refractivity contribution in [3.8, 4) is 0 Å². The van der Waals surface area contributed by atoms with E-state index in [9.17, 15) is 19.2 Å². The second-order valence-electron chi connectivity index (χ2n) is 6.95. The number of carbonyl (C=O) groups excluding carboxylic acids is 4. The van der Waals surface area contributed by atoms with E-state index in [1.165, 1.54) is 0 Å². The molecule has 1 atom stereocenters. The number of anilines is 1. The van der Waals surface area contributed by atoms with Crippen LogP contribution in [0.5, 0.6) is 0 Å². The topological polar surface area (TPSA) is 123 Å². The molecule has 0 fully saturated rings. The molecular formula is C21H27N3O6S. The summed E-state index contributed by atoms with van der Waals surface area (Å²) in [6.45, 7) is 7.09. The lowest BCUT2D eigenvalue weighted by atomic mass is 10.0. The highest BCUT2D eigenvalue weighted by molar-refractivity contribution is 8.00. The van der Waals surface area contributed by atoms with E-state index in [1.807, 2.05) is 32.0 Å². The van der Waals surface area contributed by atoms with Gasteiger partial charge in [-0.05, 0) is 39.3 Å². The van der Waals surface area contributed by atoms with Crippen molar-refractivity contribution >= 4 is 41.3 Å². The number of esters is 2. The molecule has 0 bridgehead atoms. The number of ether oxygens (including phenoxy) is 2. The van der Waals surface area contributed by atoms with Crippen LogP contribution in [0.15, 0.2) is 29.5 Å². The lowest BCUT2D eigenvalue weighted by Gasteiger charge is -2.26. The van der Waals surface area contributed by atoms with Crippen molar-refractivity contribution in [3.05, 3.63) is 40.6 Å². The van der Waals surface area contributed by atoms with Gasteiger partial charge in [0, 0.05) is 5.69 Å². The summed E-state index contributed by atoms with van der Waals surface area (Å²) in [5, 5.41) is 7.85. The van der Waals surface area contributed by atoms with E-state index >= 15 is 0 Å². The van der Waals surface area contributed by atoms with E-state index in [-0.39, 0.29) is 41.9 Å². The van der Waals surface area contributed by atoms with Crippen molar-refractivity contribution in [3.63, 3.8) is 0 Å². The first-order valence-electron chi connectivity index (χ1n) is 9.79. The Morgan fingerprint density at radius 2 is 1.90 bits per heavy atom. The number of urea groups is 1. The summed E-state index contributed by atoms with van der Waals surface area (Å²) in [5.41, 5.74) is 3.18. The smallest absolute Gasteiger partial charge is 0.338 e. The Kier molecular flexibility index (Phi) is 8.92. The van der Waals surface area contributed by atoms with Crippen molar-refractivity contribution in [1.82, 2.24) is 10.6 Å². The maximum absolute atomic E-state index is 12.1. The Balaban J connectivity index is 1.83. The van der Waals surface area contributed by atoms with Gasteiger partial charge in [-0.1, -0.05) is 17.7 Å². The van der Waals surface area contributed by atoms with Crippen LogP contribution in [0.1, 0.15) is 25.0 Å². The molecule has 1 heterocycles. The number of hydrogen-bond acceptors (Lipinski definition) is 7. The third-order valence-electron chi connectivity index (χ3n) is 4.35. The molecule has 1 aliphatic rings. The molecule has 168 valence electrons. The van der Waals surface area contributed by atoms with Crippen LogP contribution in [0, 0.1) is 13.8 Å². The standard InChI is InChI=1S/C21H27N3O6S/c1-5-29-20(27)19-14(4)22-21(28)24-16(19)9-30-18(26)11-31-10-17(25)23-15-7-6-12(2)8-13(15)3/h6-8,14H,5,9-11H2,1-4H3,(H,23,25)(H2,22,24,28)/t14-/m0/s1. The SMILES string of the molecule is CCOC(=O)C1=C(COC(=O)CSCC(=O)Nc2ccc(C)cc2C)NC(=O)N[C@H]1C. The third kappa shape index (κ3) is 7.32. The van der Waals surface area contributed by atoms with Gasteiger partial charge in [-0.25, -0.2) is 9.59 Å². The van der Waals surface area contributed by atoms with Crippen molar-refractivity contribution in [2.75, 3.05) is 30.0 Å². The van der Waals surface area contributed by atoms with Crippen LogP contribution in [0.4, 0.5) is 10.5 Å². The predicted molar refractivity (Wildman–Crippen MR) is 118 cm³/mol. The van der Waals surface area contributed by atoms with E-state index in [1.54, 1.807) is 13.8 Å². The monoisotopic (exact) mass is 449 g/mol. The molecule has 1 aromatic carbocycles. The van der Waals surface area contributed by atoms with Crippen LogP contribution in [0.3, 0.4) is 0 Å². The van der Waals surface area contributed by atoms with Crippen LogP contribution in [0.25, 0.3) is 0 Å². The van der Waals surface area contributed by atoms with E-state index in [2.05, 4.69) is 16.0 Å². The fraction of sp³-hybridized carbons (Fsp3) is 0.429. The molecule has 0 saturated carbocycles. The maximum atomic E-state index is 12.1. The van der Waals surface area contributed by atoms with Gasteiger partial charge in [0.15, 0.2) is 0 Å². The van der Waals surface area contributed by atoms with Gasteiger partial charge >= 0.3 is 18.0 Å². The summed E-state index contributed by atoms with van der Waals surface area (Å²) in [6.07, 6.45) is 0. The number of aryl methyl sites for hydroxylation is 2. The van der Waals surface area contributed by atoms with Crippen molar-refractivity contribution in [2.45, 2.75) is 33.7 Å². The second-order valence-corrected chi connectivity index (χ2v) is 7.94. The molecule has 9 nitrogen and oxygen atoms in total. The summed E-state index contributed by atoms with van der Waals surface area (Å²) in [4.78, 5) is 48.0. The fourth-order valence-corrected chi connectivity index (χ4v) is 3.56. The number of rotatable bonds is 9. The highest BCUT2D eigenvalue weighted by Gasteiger charge is 2.30. The zero-order chi connectivity index (χ0) is 23.0. The molecule has 0 aromatic heterocycles. The first-order valence-corrected chi connectivity index (χ1v) is 10.9. The highest BCUT2D eigenvalue weighted by Crippen LogP contribution is 2.17. The predicted octanol–water partition coefficient (Wildman–Crippen LogP) is 2.04. The number of benzene rings is 1. The van der Waals surface area contributed by atoms with Gasteiger partial charge in [0.2, 0.25) is 5.91 Å². The van der Waals surface area contributed by atoms with Gasteiger partial charge in [0.05, 0.1) is 35.4 Å². The molecule has 1 aliphatic heterocycles. The van der Waals surface area contributed by atoms with Crippen molar-refractivity contribution < 1.29 is 28.7 Å². The normalized spacial score (nSPS) is 15.6. The number of nitrogens with one attached hydrogen (secondary N) is 3. The Labute approximate surface area is 185 Å². The van der Waals surface area contributed by atoms with Gasteiger partial charge in [0.25, 0.3) is 0 Å². The molecule has 0 saturated heterocycles. The quantitative estimate of drug-likeness (QED) is 0.493. The summed E-state index contributed by atoms with van der Waals surface area (Å²) in [5.74, 6) is -1.36. The third-order valence-corrected chi connectivity index (χ3v) is 5.26. The first-order chi connectivity index (χ1) is 14.7. The Hall–Kier alpha value is -3.01. The summed E-state index contributed by atoms with van der Waals surface area (Å²) >= 11 is 1.11. The summed E-state index contributed by atoms with van der Waals surface area (Å²) in [7, 11) is 0. The van der Waals surface area contributed by atoms with Crippen molar-refractivity contribution in [1.29, 1.82) is 0 Å². The maximum Gasteiger partial charge on any atom is 0.338 e. The summed E-state index contributed by atoms with van der Waals surface area (Å²) < 4.78 is 10.2. The van der Waals surface area contributed by atoms with Crippen LogP contribution >= 0.6 is 11.8 Å². The molecule has 0 unspecified atom stereocenters. The van der Waals surface area contributed by atoms with Crippen LogP contribution in [-0.4, -0.2) is 54.6 Å². The molecular weight excluding hydrogens is 422 g/mol. The Bertz CT molecular complexity index is 899. The highest BCUT2D eigenvalue weighted by atomic mass is 32.2. The second kappa shape index (κ2) is 11.4. The molecule has 10 heteroatoms. The minimum atomic E-state index is -0.592. The molecule has 3 N–H and O–H groups in total. The minimum Gasteiger partial charge on any atom is -0.463 e. The van der Waals surface area contributed by atoms with Gasteiger partial charge in [-0.2, -0.15) is 0 Å². The molecule has 0 aliphatic carbocycles. The average Bonchev–Trinajstić information content (AvgIpc) is 2.68.